The molecule has 10 nitrogen and oxygen atoms in total. The molecule has 0 saturated heterocycles. The number of phenolic OH excluding ortho intramolecular Hbond substituents is 1. The van der Waals surface area contributed by atoms with E-state index in [0.29, 0.717) is 42.6 Å². The molecule has 0 unspecified atom stereocenters. The predicted octanol–water partition coefficient (Wildman–Crippen LogP) is 1.42. The van der Waals surface area contributed by atoms with Gasteiger partial charge in [0, 0.05) is 32.1 Å². The van der Waals surface area contributed by atoms with E-state index in [1.807, 2.05) is 6.92 Å². The van der Waals surface area contributed by atoms with Gasteiger partial charge in [0.05, 0.1) is 5.60 Å². The maximum absolute atomic E-state index is 13.5. The zero-order valence-electron chi connectivity index (χ0n) is 23.7. The van der Waals surface area contributed by atoms with Crippen LogP contribution in [0.2, 0.25) is 0 Å². The highest BCUT2D eigenvalue weighted by atomic mass is 19.1. The third kappa shape index (κ3) is 7.53. The minimum atomic E-state index is -1.23. The molecule has 0 radical (unpaired) electrons. The monoisotopic (exact) mass is 570 g/mol. The van der Waals surface area contributed by atoms with Gasteiger partial charge in [0.1, 0.15) is 41.5 Å². The zero-order valence-corrected chi connectivity index (χ0v) is 23.7. The SMILES string of the molecule is C[C@@H]1CN[C@@H](C2(O)CC2)C(=O)N(C)[C@H](C)C(=O)N[C@H](Cc2ccc(F)cc2)C(=O)NCCCc2c(O)cccc2O1. The number of carbonyl (C=O) groups excluding carboxylic acids is 3. The lowest BCUT2D eigenvalue weighted by molar-refractivity contribution is -0.143. The molecule has 5 N–H and O–H groups in total. The average molecular weight is 571 g/mol. The highest BCUT2D eigenvalue weighted by molar-refractivity contribution is 5.93. The number of nitrogens with one attached hydrogen (secondary N) is 3. The Hall–Kier alpha value is -3.70. The Labute approximate surface area is 239 Å². The molecule has 0 aromatic heterocycles. The number of aliphatic hydroxyl groups is 1. The molecule has 2 aliphatic rings. The number of aromatic hydroxyl groups is 1. The molecular formula is C30H39FN4O6. The summed E-state index contributed by atoms with van der Waals surface area (Å²) < 4.78 is 19.6. The normalized spacial score (nSPS) is 26.1. The molecule has 1 heterocycles. The molecule has 2 aromatic rings. The first-order chi connectivity index (χ1) is 19.5. The minimum Gasteiger partial charge on any atom is -0.508 e. The number of halogens is 1. The van der Waals surface area contributed by atoms with Gasteiger partial charge in [-0.3, -0.25) is 19.7 Å². The molecule has 0 bridgehead atoms. The van der Waals surface area contributed by atoms with E-state index in [9.17, 15) is 29.0 Å². The Morgan fingerprint density at radius 2 is 1.78 bits per heavy atom. The van der Waals surface area contributed by atoms with Gasteiger partial charge in [-0.05, 0) is 69.4 Å². The van der Waals surface area contributed by atoms with Crippen molar-refractivity contribution in [2.45, 2.75) is 75.8 Å². The van der Waals surface area contributed by atoms with Crippen LogP contribution in [0.4, 0.5) is 4.39 Å². The number of amides is 3. The van der Waals surface area contributed by atoms with Crippen LogP contribution in [-0.4, -0.2) is 82.8 Å². The number of rotatable bonds is 3. The molecule has 1 aliphatic carbocycles. The number of ether oxygens (including phenoxy) is 1. The fourth-order valence-corrected chi connectivity index (χ4v) is 4.91. The smallest absolute Gasteiger partial charge is 0.243 e. The van der Waals surface area contributed by atoms with E-state index >= 15 is 0 Å². The van der Waals surface area contributed by atoms with Gasteiger partial charge in [-0.1, -0.05) is 18.2 Å². The molecular weight excluding hydrogens is 531 g/mol. The largest absolute Gasteiger partial charge is 0.508 e. The first kappa shape index (κ1) is 30.3. The fourth-order valence-electron chi connectivity index (χ4n) is 4.91. The van der Waals surface area contributed by atoms with Crippen LogP contribution in [0.25, 0.3) is 0 Å². The number of hydrogen-bond donors (Lipinski definition) is 5. The third-order valence-electron chi connectivity index (χ3n) is 7.79. The Morgan fingerprint density at radius 3 is 2.46 bits per heavy atom. The van der Waals surface area contributed by atoms with Crippen LogP contribution in [0.15, 0.2) is 42.5 Å². The van der Waals surface area contributed by atoms with Gasteiger partial charge in [-0.2, -0.15) is 0 Å². The van der Waals surface area contributed by atoms with Crippen molar-refractivity contribution < 1.29 is 33.7 Å². The Balaban J connectivity index is 1.61. The van der Waals surface area contributed by atoms with E-state index in [4.69, 9.17) is 4.74 Å². The van der Waals surface area contributed by atoms with Gasteiger partial charge in [0.2, 0.25) is 17.7 Å². The van der Waals surface area contributed by atoms with Crippen LogP contribution in [0.3, 0.4) is 0 Å². The molecule has 1 aliphatic heterocycles. The van der Waals surface area contributed by atoms with E-state index in [1.165, 1.54) is 24.1 Å². The first-order valence-corrected chi connectivity index (χ1v) is 14.0. The second kappa shape index (κ2) is 12.9. The Morgan fingerprint density at radius 1 is 1.07 bits per heavy atom. The van der Waals surface area contributed by atoms with Gasteiger partial charge in [0.25, 0.3) is 0 Å². The number of carbonyl (C=O) groups is 3. The van der Waals surface area contributed by atoms with Crippen LogP contribution in [-0.2, 0) is 27.2 Å². The van der Waals surface area contributed by atoms with Gasteiger partial charge in [0.15, 0.2) is 0 Å². The molecule has 4 rings (SSSR count). The number of hydrogen-bond acceptors (Lipinski definition) is 7. The summed E-state index contributed by atoms with van der Waals surface area (Å²) in [6.07, 6.45) is 1.49. The molecule has 1 saturated carbocycles. The number of likely N-dealkylation sites (N-methyl/N-ethyl adjacent to an activating group) is 1. The topological polar surface area (TPSA) is 140 Å². The fraction of sp³-hybridized carbons (Fsp3) is 0.500. The second-order valence-electron chi connectivity index (χ2n) is 11.0. The van der Waals surface area contributed by atoms with Crippen molar-refractivity contribution in [3.63, 3.8) is 0 Å². The summed E-state index contributed by atoms with van der Waals surface area (Å²) in [5, 5.41) is 30.2. The summed E-state index contributed by atoms with van der Waals surface area (Å²) in [6.45, 7) is 3.88. The lowest BCUT2D eigenvalue weighted by Crippen LogP contribution is -2.59. The third-order valence-corrected chi connectivity index (χ3v) is 7.79. The first-order valence-electron chi connectivity index (χ1n) is 14.0. The lowest BCUT2D eigenvalue weighted by Gasteiger charge is -2.32. The van der Waals surface area contributed by atoms with Crippen LogP contribution in [0.1, 0.15) is 44.2 Å². The molecule has 3 amide bonds. The van der Waals surface area contributed by atoms with Crippen molar-refractivity contribution in [2.75, 3.05) is 20.1 Å². The van der Waals surface area contributed by atoms with Crippen molar-refractivity contribution in [3.8, 4) is 11.5 Å². The van der Waals surface area contributed by atoms with E-state index in [-0.39, 0.29) is 25.3 Å². The van der Waals surface area contributed by atoms with Crippen molar-refractivity contribution in [1.29, 1.82) is 0 Å². The summed E-state index contributed by atoms with van der Waals surface area (Å²) in [6, 6.07) is 7.78. The van der Waals surface area contributed by atoms with E-state index in [2.05, 4.69) is 16.0 Å². The highest BCUT2D eigenvalue weighted by Gasteiger charge is 2.52. The van der Waals surface area contributed by atoms with E-state index < -0.39 is 53.4 Å². The maximum atomic E-state index is 13.5. The minimum absolute atomic E-state index is 0.0702. The average Bonchev–Trinajstić information content (AvgIpc) is 3.69. The number of benzene rings is 2. The summed E-state index contributed by atoms with van der Waals surface area (Å²) in [4.78, 5) is 41.3. The molecule has 1 fully saturated rings. The number of phenols is 1. The zero-order chi connectivity index (χ0) is 29.7. The van der Waals surface area contributed by atoms with Crippen LogP contribution in [0, 0.1) is 5.82 Å². The summed E-state index contributed by atoms with van der Waals surface area (Å²) in [5.74, 6) is -1.28. The molecule has 4 atom stereocenters. The Bertz CT molecular complexity index is 1250. The number of fused-ring (bicyclic) bond motifs is 1. The quantitative estimate of drug-likeness (QED) is 0.376. The van der Waals surface area contributed by atoms with Crippen molar-refractivity contribution >= 4 is 17.7 Å². The van der Waals surface area contributed by atoms with E-state index in [1.54, 1.807) is 37.3 Å². The molecule has 0 spiro atoms. The molecule has 11 heteroatoms. The van der Waals surface area contributed by atoms with Gasteiger partial charge in [-0.25, -0.2) is 4.39 Å². The molecule has 2 aromatic carbocycles. The summed E-state index contributed by atoms with van der Waals surface area (Å²) in [7, 11) is 1.49. The van der Waals surface area contributed by atoms with Crippen molar-refractivity contribution in [1.82, 2.24) is 20.9 Å². The van der Waals surface area contributed by atoms with Crippen LogP contribution in [0.5, 0.6) is 11.5 Å². The van der Waals surface area contributed by atoms with Crippen LogP contribution >= 0.6 is 0 Å². The van der Waals surface area contributed by atoms with E-state index in [0.717, 1.165) is 0 Å². The summed E-state index contributed by atoms with van der Waals surface area (Å²) in [5.41, 5.74) is 0.00723. The van der Waals surface area contributed by atoms with Gasteiger partial charge < -0.3 is 30.5 Å². The highest BCUT2D eigenvalue weighted by Crippen LogP contribution is 2.39. The molecule has 222 valence electrons. The van der Waals surface area contributed by atoms with Gasteiger partial charge >= 0.3 is 0 Å². The maximum Gasteiger partial charge on any atom is 0.243 e. The van der Waals surface area contributed by atoms with Crippen molar-refractivity contribution in [2.24, 2.45) is 0 Å². The standard InChI is InChI=1S/C30H39FN4O6/c1-18-17-33-26(30(40)13-14-30)29(39)35(3)19(2)27(37)34-23(16-20-9-11-21(31)12-10-20)28(38)32-15-5-6-22-24(36)7-4-8-25(22)41-18/h4,7-12,18-19,23,26,33,36,40H,5-6,13-17H2,1-3H3,(H,32,38)(H,34,37)/t18-,19-,23-,26-/m1/s1. The number of nitrogens with zero attached hydrogens (tertiary/aromatic N) is 1. The van der Waals surface area contributed by atoms with Gasteiger partial charge in [-0.15, -0.1) is 0 Å². The second-order valence-corrected chi connectivity index (χ2v) is 11.0. The summed E-state index contributed by atoms with van der Waals surface area (Å²) >= 11 is 0. The predicted molar refractivity (Wildman–Crippen MR) is 150 cm³/mol. The lowest BCUT2D eigenvalue weighted by atomic mass is 10.0. The Kier molecular flexibility index (Phi) is 9.49. The van der Waals surface area contributed by atoms with Crippen molar-refractivity contribution in [3.05, 3.63) is 59.4 Å². The van der Waals surface area contributed by atoms with Crippen LogP contribution < -0.4 is 20.7 Å². The molecule has 41 heavy (non-hydrogen) atoms.